The molecule has 0 aromatic heterocycles. The lowest BCUT2D eigenvalue weighted by Gasteiger charge is -2.21. The topological polar surface area (TPSA) is 41.5 Å². The van der Waals surface area contributed by atoms with E-state index in [2.05, 4.69) is 5.48 Å². The second kappa shape index (κ2) is 4.55. The molecule has 0 unspecified atom stereocenters. The minimum atomic E-state index is -0.813. The fourth-order valence-corrected chi connectivity index (χ4v) is 1.42. The van der Waals surface area contributed by atoms with Gasteiger partial charge in [-0.25, -0.2) is 0 Å². The summed E-state index contributed by atoms with van der Waals surface area (Å²) in [5.41, 5.74) is 3.92. The molecule has 0 bridgehead atoms. The van der Waals surface area contributed by atoms with Gasteiger partial charge in [0.1, 0.15) is 0 Å². The van der Waals surface area contributed by atoms with Crippen LogP contribution in [-0.2, 0) is 17.0 Å². The van der Waals surface area contributed by atoms with Crippen molar-refractivity contribution in [3.8, 4) is 0 Å². The zero-order valence-corrected chi connectivity index (χ0v) is 8.87. The van der Waals surface area contributed by atoms with Crippen LogP contribution in [0.15, 0.2) is 24.3 Å². The Morgan fingerprint density at radius 3 is 2.57 bits per heavy atom. The molecule has 0 spiro atoms. The van der Waals surface area contributed by atoms with E-state index in [4.69, 9.17) is 4.84 Å². The smallest absolute Gasteiger partial charge is 0.0843 e. The Hall–Kier alpha value is -0.900. The minimum absolute atomic E-state index is 0.594. The number of hydrogen-bond donors (Lipinski definition) is 2. The lowest BCUT2D eigenvalue weighted by Crippen LogP contribution is -2.21. The van der Waals surface area contributed by atoms with Gasteiger partial charge in [0, 0.05) is 6.54 Å². The van der Waals surface area contributed by atoms with Crippen LogP contribution in [0.4, 0.5) is 0 Å². The summed E-state index contributed by atoms with van der Waals surface area (Å²) in [6.07, 6.45) is 0. The predicted octanol–water partition coefficient (Wildman–Crippen LogP) is 1.56. The third kappa shape index (κ3) is 2.80. The average Bonchev–Trinajstić information content (AvgIpc) is 2.14. The zero-order valence-electron chi connectivity index (χ0n) is 8.87. The van der Waals surface area contributed by atoms with Crippen molar-refractivity contribution in [1.29, 1.82) is 0 Å². The monoisotopic (exact) mass is 195 g/mol. The van der Waals surface area contributed by atoms with Crippen molar-refractivity contribution in [3.63, 3.8) is 0 Å². The Kier molecular flexibility index (Phi) is 3.63. The molecule has 0 saturated carbocycles. The van der Waals surface area contributed by atoms with E-state index in [1.54, 1.807) is 21.0 Å². The van der Waals surface area contributed by atoms with Gasteiger partial charge in [-0.2, -0.15) is 5.48 Å². The summed E-state index contributed by atoms with van der Waals surface area (Å²) in [4.78, 5) is 4.78. The van der Waals surface area contributed by atoms with E-state index in [0.29, 0.717) is 6.54 Å². The fraction of sp³-hybridized carbons (Fsp3) is 0.455. The van der Waals surface area contributed by atoms with E-state index >= 15 is 0 Å². The highest BCUT2D eigenvalue weighted by Gasteiger charge is 2.18. The maximum absolute atomic E-state index is 9.90. The molecule has 1 aromatic carbocycles. The Labute approximate surface area is 84.7 Å². The largest absolute Gasteiger partial charge is 0.386 e. The van der Waals surface area contributed by atoms with Gasteiger partial charge in [0.05, 0.1) is 12.7 Å². The molecule has 0 aliphatic carbocycles. The molecular weight excluding hydrogens is 178 g/mol. The van der Waals surface area contributed by atoms with Crippen LogP contribution < -0.4 is 5.48 Å². The summed E-state index contributed by atoms with van der Waals surface area (Å²) >= 11 is 0. The first-order valence-electron chi connectivity index (χ1n) is 4.62. The molecule has 0 saturated heterocycles. The van der Waals surface area contributed by atoms with Gasteiger partial charge in [0.2, 0.25) is 0 Å². The third-order valence-electron chi connectivity index (χ3n) is 2.08. The number of aliphatic hydroxyl groups is 1. The fourth-order valence-electron chi connectivity index (χ4n) is 1.42. The minimum Gasteiger partial charge on any atom is -0.386 e. The summed E-state index contributed by atoms with van der Waals surface area (Å²) in [6.45, 7) is 4.15. The van der Waals surface area contributed by atoms with Gasteiger partial charge in [-0.1, -0.05) is 24.3 Å². The van der Waals surface area contributed by atoms with Crippen molar-refractivity contribution in [2.45, 2.75) is 26.0 Å². The molecule has 3 nitrogen and oxygen atoms in total. The first kappa shape index (κ1) is 11.2. The first-order chi connectivity index (χ1) is 6.55. The highest BCUT2D eigenvalue weighted by molar-refractivity contribution is 5.31. The number of hydroxylamine groups is 1. The van der Waals surface area contributed by atoms with Gasteiger partial charge in [0.15, 0.2) is 0 Å². The summed E-state index contributed by atoms with van der Waals surface area (Å²) < 4.78 is 0. The van der Waals surface area contributed by atoms with Gasteiger partial charge in [-0.3, -0.25) is 0 Å². The van der Waals surface area contributed by atoms with Crippen molar-refractivity contribution in [1.82, 2.24) is 5.48 Å². The van der Waals surface area contributed by atoms with E-state index < -0.39 is 5.60 Å². The standard InChI is InChI=1S/C11H17NO2/c1-11(2,13)10-7-5-4-6-9(10)8-12-14-3/h4-7,12-13H,8H2,1-3H3. The summed E-state index contributed by atoms with van der Waals surface area (Å²) in [6, 6.07) is 7.76. The molecule has 0 aliphatic rings. The second-order valence-corrected chi connectivity index (χ2v) is 3.74. The summed E-state index contributed by atoms with van der Waals surface area (Å²) in [5, 5.41) is 9.90. The van der Waals surface area contributed by atoms with Crippen molar-refractivity contribution in [2.75, 3.05) is 7.11 Å². The molecule has 78 valence electrons. The van der Waals surface area contributed by atoms with Crippen molar-refractivity contribution in [3.05, 3.63) is 35.4 Å². The summed E-state index contributed by atoms with van der Waals surface area (Å²) in [5.74, 6) is 0. The number of hydrogen-bond acceptors (Lipinski definition) is 3. The lowest BCUT2D eigenvalue weighted by atomic mass is 9.93. The van der Waals surface area contributed by atoms with Crippen molar-refractivity contribution in [2.24, 2.45) is 0 Å². The molecule has 0 aliphatic heterocycles. The summed E-state index contributed by atoms with van der Waals surface area (Å²) in [7, 11) is 1.58. The molecule has 0 radical (unpaired) electrons. The van der Waals surface area contributed by atoms with Crippen molar-refractivity contribution >= 4 is 0 Å². The maximum Gasteiger partial charge on any atom is 0.0843 e. The predicted molar refractivity (Wildman–Crippen MR) is 55.5 cm³/mol. The molecule has 0 atom stereocenters. The molecule has 1 aromatic rings. The first-order valence-corrected chi connectivity index (χ1v) is 4.62. The molecule has 14 heavy (non-hydrogen) atoms. The molecule has 3 heteroatoms. The lowest BCUT2D eigenvalue weighted by molar-refractivity contribution is 0.0706. The molecule has 0 fully saturated rings. The Morgan fingerprint density at radius 2 is 2.00 bits per heavy atom. The number of nitrogens with one attached hydrogen (secondary N) is 1. The van der Waals surface area contributed by atoms with Gasteiger partial charge < -0.3 is 9.94 Å². The normalized spacial score (nSPS) is 11.7. The number of benzene rings is 1. The van der Waals surface area contributed by atoms with E-state index in [1.165, 1.54) is 0 Å². The third-order valence-corrected chi connectivity index (χ3v) is 2.08. The Balaban J connectivity index is 2.92. The van der Waals surface area contributed by atoms with Gasteiger partial charge in [-0.15, -0.1) is 0 Å². The van der Waals surface area contributed by atoms with E-state index in [-0.39, 0.29) is 0 Å². The van der Waals surface area contributed by atoms with Crippen LogP contribution >= 0.6 is 0 Å². The molecular formula is C11H17NO2. The van der Waals surface area contributed by atoms with Gasteiger partial charge >= 0.3 is 0 Å². The Bertz CT molecular complexity index is 292. The van der Waals surface area contributed by atoms with Crippen LogP contribution in [0.5, 0.6) is 0 Å². The second-order valence-electron chi connectivity index (χ2n) is 3.74. The van der Waals surface area contributed by atoms with Crippen LogP contribution in [0.3, 0.4) is 0 Å². The van der Waals surface area contributed by atoms with E-state index in [0.717, 1.165) is 11.1 Å². The van der Waals surface area contributed by atoms with Crippen molar-refractivity contribution < 1.29 is 9.94 Å². The van der Waals surface area contributed by atoms with Crippen LogP contribution in [0, 0.1) is 0 Å². The van der Waals surface area contributed by atoms with E-state index in [1.807, 2.05) is 24.3 Å². The van der Waals surface area contributed by atoms with Crippen LogP contribution in [0.25, 0.3) is 0 Å². The van der Waals surface area contributed by atoms with Crippen LogP contribution in [0.1, 0.15) is 25.0 Å². The SMILES string of the molecule is CONCc1ccccc1C(C)(C)O. The highest BCUT2D eigenvalue weighted by atomic mass is 16.6. The number of rotatable bonds is 4. The molecule has 1 rings (SSSR count). The quantitative estimate of drug-likeness (QED) is 0.716. The Morgan fingerprint density at radius 1 is 1.36 bits per heavy atom. The van der Waals surface area contributed by atoms with E-state index in [9.17, 15) is 5.11 Å². The van der Waals surface area contributed by atoms with Crippen LogP contribution in [0.2, 0.25) is 0 Å². The molecule has 2 N–H and O–H groups in total. The van der Waals surface area contributed by atoms with Crippen LogP contribution in [-0.4, -0.2) is 12.2 Å². The van der Waals surface area contributed by atoms with Gasteiger partial charge in [-0.05, 0) is 25.0 Å². The average molecular weight is 195 g/mol. The highest BCUT2D eigenvalue weighted by Crippen LogP contribution is 2.23. The zero-order chi connectivity index (χ0) is 10.6. The molecule has 0 amide bonds. The van der Waals surface area contributed by atoms with Gasteiger partial charge in [0.25, 0.3) is 0 Å². The molecule has 0 heterocycles. The maximum atomic E-state index is 9.90.